The van der Waals surface area contributed by atoms with Gasteiger partial charge in [-0.25, -0.2) is 4.79 Å². The highest BCUT2D eigenvalue weighted by Crippen LogP contribution is 2.32. The van der Waals surface area contributed by atoms with Gasteiger partial charge in [-0.1, -0.05) is 36.7 Å². The van der Waals surface area contributed by atoms with Gasteiger partial charge in [-0.2, -0.15) is 0 Å². The van der Waals surface area contributed by atoms with Crippen molar-refractivity contribution in [1.29, 1.82) is 0 Å². The van der Waals surface area contributed by atoms with Gasteiger partial charge in [0.1, 0.15) is 11.5 Å². The molecule has 0 amide bonds. The fourth-order valence-electron chi connectivity index (χ4n) is 2.55. The number of hydrogen-bond acceptors (Lipinski definition) is 7. The maximum Gasteiger partial charge on any atom is 0.342 e. The van der Waals surface area contributed by atoms with Crippen LogP contribution in [0.15, 0.2) is 57.0 Å². The average molecular weight is 461 g/mol. The molecule has 162 valence electrons. The lowest BCUT2D eigenvalue weighted by Crippen LogP contribution is -2.00. The summed E-state index contributed by atoms with van der Waals surface area (Å²) >= 11 is 6.81. The highest BCUT2D eigenvalue weighted by molar-refractivity contribution is 8.03. The number of carbonyl (C=O) groups is 1. The van der Waals surface area contributed by atoms with Gasteiger partial charge in [0, 0.05) is 11.4 Å². The molecule has 3 aromatic rings. The first-order valence-corrected chi connectivity index (χ1v) is 10.8. The number of ether oxygens (including phenoxy) is 2. The molecule has 0 saturated carbocycles. The highest BCUT2D eigenvalue weighted by Gasteiger charge is 2.15. The van der Waals surface area contributed by atoms with Crippen molar-refractivity contribution in [2.45, 2.75) is 32.1 Å². The minimum absolute atomic E-state index is 0.0450. The maximum atomic E-state index is 11.7. The number of benzene rings is 2. The maximum absolute atomic E-state index is 11.7. The highest BCUT2D eigenvalue weighted by atomic mass is 35.5. The number of aliphatic carboxylic acids is 1. The molecule has 0 aliphatic rings. The van der Waals surface area contributed by atoms with E-state index in [0.717, 1.165) is 17.3 Å². The van der Waals surface area contributed by atoms with Gasteiger partial charge in [0.05, 0.1) is 6.61 Å². The zero-order chi connectivity index (χ0) is 22.2. The Morgan fingerprint density at radius 2 is 1.90 bits per heavy atom. The van der Waals surface area contributed by atoms with Crippen LogP contribution >= 0.6 is 23.4 Å². The summed E-state index contributed by atoms with van der Waals surface area (Å²) in [7, 11) is 0. The summed E-state index contributed by atoms with van der Waals surface area (Å²) in [6, 6.07) is 12.6. The van der Waals surface area contributed by atoms with Crippen LogP contribution in [0.3, 0.4) is 0 Å². The zero-order valence-electron chi connectivity index (χ0n) is 17.0. The Hall–Kier alpha value is -2.97. The van der Waals surface area contributed by atoms with Crippen molar-refractivity contribution in [3.63, 3.8) is 0 Å². The minimum Gasteiger partial charge on any atom is -0.490 e. The largest absolute Gasteiger partial charge is 0.490 e. The SMILES string of the molecule is CCOc1cc(/C=C(\Sc2nnc(CC)o2)C(=O)O)ccc1OCc1ccc(Cl)cc1. The summed E-state index contributed by atoms with van der Waals surface area (Å²) in [4.78, 5) is 11.7. The molecule has 2 aromatic carbocycles. The standard InChI is InChI=1S/C22H21ClN2O5S/c1-3-20-24-25-22(30-20)31-19(21(26)27)12-15-7-10-17(18(11-15)28-4-2)29-13-14-5-8-16(23)9-6-14/h5-12H,3-4,13H2,1-2H3,(H,26,27)/b19-12-. The van der Waals surface area contributed by atoms with Crippen LogP contribution in [0.4, 0.5) is 0 Å². The second kappa shape index (κ2) is 10.9. The number of hydrogen-bond donors (Lipinski definition) is 1. The first kappa shape index (κ1) is 22.7. The Bertz CT molecular complexity index is 1070. The smallest absolute Gasteiger partial charge is 0.342 e. The fourth-order valence-corrected chi connectivity index (χ4v) is 3.36. The van der Waals surface area contributed by atoms with Crippen LogP contribution in [0.2, 0.25) is 5.02 Å². The summed E-state index contributed by atoms with van der Waals surface area (Å²) in [5.41, 5.74) is 1.61. The quantitative estimate of drug-likeness (QED) is 0.314. The van der Waals surface area contributed by atoms with Crippen LogP contribution < -0.4 is 9.47 Å². The molecule has 7 nitrogen and oxygen atoms in total. The van der Waals surface area contributed by atoms with E-state index < -0.39 is 5.97 Å². The lowest BCUT2D eigenvalue weighted by molar-refractivity contribution is -0.131. The Morgan fingerprint density at radius 1 is 1.13 bits per heavy atom. The topological polar surface area (TPSA) is 94.7 Å². The summed E-state index contributed by atoms with van der Waals surface area (Å²) in [6.45, 7) is 4.53. The normalized spacial score (nSPS) is 11.4. The third-order valence-electron chi connectivity index (χ3n) is 4.03. The van der Waals surface area contributed by atoms with E-state index in [1.807, 2.05) is 26.0 Å². The zero-order valence-corrected chi connectivity index (χ0v) is 18.6. The van der Waals surface area contributed by atoms with Gasteiger partial charge in [-0.3, -0.25) is 0 Å². The van der Waals surface area contributed by atoms with E-state index in [1.54, 1.807) is 30.3 Å². The molecule has 3 rings (SSSR count). The molecule has 0 saturated heterocycles. The molecule has 0 radical (unpaired) electrons. The Morgan fingerprint density at radius 3 is 2.55 bits per heavy atom. The average Bonchev–Trinajstić information content (AvgIpc) is 3.22. The molecule has 1 N–H and O–H groups in total. The van der Waals surface area contributed by atoms with Crippen molar-refractivity contribution in [1.82, 2.24) is 10.2 Å². The second-order valence-electron chi connectivity index (χ2n) is 6.29. The third kappa shape index (κ3) is 6.50. The van der Waals surface area contributed by atoms with Crippen molar-refractivity contribution in [2.75, 3.05) is 6.61 Å². The first-order valence-electron chi connectivity index (χ1n) is 9.57. The van der Waals surface area contributed by atoms with Crippen molar-refractivity contribution >= 4 is 35.4 Å². The van der Waals surface area contributed by atoms with E-state index in [-0.39, 0.29) is 10.1 Å². The van der Waals surface area contributed by atoms with Crippen molar-refractivity contribution < 1.29 is 23.8 Å². The van der Waals surface area contributed by atoms with Crippen LogP contribution in [-0.2, 0) is 17.8 Å². The number of rotatable bonds is 10. The number of halogens is 1. The van der Waals surface area contributed by atoms with Crippen molar-refractivity contribution in [3.05, 3.63) is 69.4 Å². The van der Waals surface area contributed by atoms with Gasteiger partial charge in [0.2, 0.25) is 5.89 Å². The predicted octanol–water partition coefficient (Wildman–Crippen LogP) is 5.48. The number of carboxylic acids is 1. The van der Waals surface area contributed by atoms with Gasteiger partial charge >= 0.3 is 5.97 Å². The second-order valence-corrected chi connectivity index (χ2v) is 7.72. The van der Waals surface area contributed by atoms with Gasteiger partial charge in [-0.15, -0.1) is 10.2 Å². The molecule has 1 heterocycles. The first-order chi connectivity index (χ1) is 15.0. The number of aryl methyl sites for hydroxylation is 1. The lowest BCUT2D eigenvalue weighted by Gasteiger charge is -2.13. The van der Waals surface area contributed by atoms with E-state index in [1.165, 1.54) is 6.08 Å². The molecule has 0 fully saturated rings. The summed E-state index contributed by atoms with van der Waals surface area (Å²) in [6.07, 6.45) is 2.10. The molecule has 0 aliphatic heterocycles. The molecular formula is C22H21ClN2O5S. The molecule has 9 heteroatoms. The molecule has 31 heavy (non-hydrogen) atoms. The van der Waals surface area contributed by atoms with Crippen LogP contribution in [0.5, 0.6) is 11.5 Å². The van der Waals surface area contributed by atoms with Gasteiger partial charge < -0.3 is 19.0 Å². The summed E-state index contributed by atoms with van der Waals surface area (Å²) in [5.74, 6) is 0.435. The van der Waals surface area contributed by atoms with E-state index in [4.69, 9.17) is 25.5 Å². The number of thioether (sulfide) groups is 1. The van der Waals surface area contributed by atoms with Crippen LogP contribution in [0.25, 0.3) is 6.08 Å². The number of aromatic nitrogens is 2. The third-order valence-corrected chi connectivity index (χ3v) is 5.14. The molecular weight excluding hydrogens is 440 g/mol. The Kier molecular flexibility index (Phi) is 7.97. The van der Waals surface area contributed by atoms with Crippen molar-refractivity contribution in [2.24, 2.45) is 0 Å². The molecule has 0 aliphatic carbocycles. The monoisotopic (exact) mass is 460 g/mol. The van der Waals surface area contributed by atoms with E-state index in [9.17, 15) is 9.90 Å². The molecule has 0 atom stereocenters. The van der Waals surface area contributed by atoms with Crippen LogP contribution in [0.1, 0.15) is 30.9 Å². The van der Waals surface area contributed by atoms with E-state index in [0.29, 0.717) is 47.6 Å². The van der Waals surface area contributed by atoms with Crippen molar-refractivity contribution in [3.8, 4) is 11.5 Å². The molecule has 0 unspecified atom stereocenters. The fraction of sp³-hybridized carbons (Fsp3) is 0.227. The molecule has 0 bridgehead atoms. The van der Waals surface area contributed by atoms with Gasteiger partial charge in [-0.05, 0) is 60.2 Å². The summed E-state index contributed by atoms with van der Waals surface area (Å²) in [5, 5.41) is 18.1. The Labute approximate surface area is 189 Å². The van der Waals surface area contributed by atoms with Crippen LogP contribution in [0, 0.1) is 0 Å². The molecule has 0 spiro atoms. The lowest BCUT2D eigenvalue weighted by atomic mass is 10.2. The van der Waals surface area contributed by atoms with E-state index >= 15 is 0 Å². The number of nitrogens with zero attached hydrogens (tertiary/aromatic N) is 2. The van der Waals surface area contributed by atoms with Gasteiger partial charge in [0.15, 0.2) is 11.5 Å². The number of carboxylic acid groups (broad SMARTS) is 1. The van der Waals surface area contributed by atoms with E-state index in [2.05, 4.69) is 10.2 Å². The Balaban J connectivity index is 1.79. The minimum atomic E-state index is -1.10. The van der Waals surface area contributed by atoms with Gasteiger partial charge in [0.25, 0.3) is 5.22 Å². The van der Waals surface area contributed by atoms with Crippen LogP contribution in [-0.4, -0.2) is 27.9 Å². The molecule has 1 aromatic heterocycles. The predicted molar refractivity (Wildman–Crippen MR) is 119 cm³/mol. The summed E-state index contributed by atoms with van der Waals surface area (Å²) < 4.78 is 17.0.